The Bertz CT molecular complexity index is 1270. The fourth-order valence-electron chi connectivity index (χ4n) is 4.41. The number of aliphatic hydroxyl groups excluding tert-OH is 1. The van der Waals surface area contributed by atoms with Gasteiger partial charge in [-0.15, -0.1) is 0 Å². The van der Waals surface area contributed by atoms with Crippen LogP contribution in [-0.4, -0.2) is 52.3 Å². The molecule has 39 heavy (non-hydrogen) atoms. The van der Waals surface area contributed by atoms with Crippen molar-refractivity contribution in [3.8, 4) is 11.1 Å². The summed E-state index contributed by atoms with van der Waals surface area (Å²) in [5.41, 5.74) is 3.89. The van der Waals surface area contributed by atoms with Crippen LogP contribution < -0.4 is 4.90 Å². The van der Waals surface area contributed by atoms with E-state index in [0.717, 1.165) is 22.4 Å². The van der Waals surface area contributed by atoms with Gasteiger partial charge in [-0.05, 0) is 34.2 Å². The third kappa shape index (κ3) is 7.48. The largest absolute Gasteiger partial charge is 0.481 e. The van der Waals surface area contributed by atoms with Crippen LogP contribution >= 0.6 is 0 Å². The normalized spacial score (nSPS) is 15.3. The Morgan fingerprint density at radius 3 is 2.13 bits per heavy atom. The minimum absolute atomic E-state index is 0.169. The van der Waals surface area contributed by atoms with Gasteiger partial charge in [-0.3, -0.25) is 4.79 Å². The smallest absolute Gasteiger partial charge is 0.305 e. The van der Waals surface area contributed by atoms with Crippen molar-refractivity contribution >= 4 is 17.6 Å². The van der Waals surface area contributed by atoms with E-state index in [0.29, 0.717) is 12.6 Å². The highest BCUT2D eigenvalue weighted by Gasteiger charge is 2.33. The topological polar surface area (TPSA) is 85.6 Å². The number of benzene rings is 3. The number of nitrogens with zero attached hydrogens (tertiary/aromatic N) is 3. The van der Waals surface area contributed by atoms with Crippen molar-refractivity contribution in [3.05, 3.63) is 103 Å². The number of carboxylic acids is 1. The van der Waals surface area contributed by atoms with Gasteiger partial charge in [-0.1, -0.05) is 93.6 Å². The highest BCUT2D eigenvalue weighted by molar-refractivity contribution is 5.87. The van der Waals surface area contributed by atoms with Crippen LogP contribution in [0.15, 0.2) is 102 Å². The number of hydrogen-bond acceptors (Lipinski definition) is 6. The number of rotatable bonds is 10. The molecule has 1 aliphatic heterocycles. The Labute approximate surface area is 230 Å². The first kappa shape index (κ1) is 27.9. The van der Waals surface area contributed by atoms with E-state index in [-0.39, 0.29) is 25.0 Å². The van der Waals surface area contributed by atoms with E-state index in [1.165, 1.54) is 0 Å². The molecule has 0 saturated carbocycles. The predicted molar refractivity (Wildman–Crippen MR) is 155 cm³/mol. The van der Waals surface area contributed by atoms with Crippen molar-refractivity contribution < 1.29 is 19.7 Å². The highest BCUT2D eigenvalue weighted by atomic mass is 16.5. The van der Waals surface area contributed by atoms with Crippen molar-refractivity contribution in [2.45, 2.75) is 45.9 Å². The molecule has 0 aliphatic carbocycles. The maximum absolute atomic E-state index is 12.0. The van der Waals surface area contributed by atoms with Gasteiger partial charge in [0.25, 0.3) is 0 Å². The highest BCUT2D eigenvalue weighted by Crippen LogP contribution is 2.28. The molecule has 0 amide bonds. The number of carbonyl (C=O) groups is 1. The van der Waals surface area contributed by atoms with Gasteiger partial charge in [-0.25, -0.2) is 4.99 Å². The predicted octanol–water partition coefficient (Wildman–Crippen LogP) is 5.77. The molecule has 7 heteroatoms. The molecule has 0 unspecified atom stereocenters. The van der Waals surface area contributed by atoms with Crippen LogP contribution in [0.2, 0.25) is 0 Å². The average Bonchev–Trinajstić information content (AvgIpc) is 3.43. The zero-order valence-corrected chi connectivity index (χ0v) is 22.8. The van der Waals surface area contributed by atoms with Gasteiger partial charge in [-0.2, -0.15) is 0 Å². The van der Waals surface area contributed by atoms with Gasteiger partial charge in [0.2, 0.25) is 5.90 Å². The maximum atomic E-state index is 12.0. The standard InChI is InChI=1S/C32H37N3O4/c1-32(2,3)29(21-36)33-31(39-22-24-10-6-4-7-11-24)28(20-30(37)38)35-19-18-34(23-35)27-16-14-26(15-17-27)25-12-8-5-9-13-25/h4-19,28-29,36H,20-23H2,1-3H3,(H,37,38)/t28-,29+/m0/s1. The Morgan fingerprint density at radius 1 is 0.923 bits per heavy atom. The number of anilines is 1. The second-order valence-corrected chi connectivity index (χ2v) is 10.8. The third-order valence-corrected chi connectivity index (χ3v) is 6.80. The van der Waals surface area contributed by atoms with Crippen molar-refractivity contribution in [1.29, 1.82) is 0 Å². The summed E-state index contributed by atoms with van der Waals surface area (Å²) < 4.78 is 6.22. The minimum Gasteiger partial charge on any atom is -0.481 e. The van der Waals surface area contributed by atoms with Crippen molar-refractivity contribution in [2.24, 2.45) is 10.4 Å². The fourth-order valence-corrected chi connectivity index (χ4v) is 4.41. The van der Waals surface area contributed by atoms with Gasteiger partial charge in [0, 0.05) is 18.1 Å². The van der Waals surface area contributed by atoms with Gasteiger partial charge >= 0.3 is 5.97 Å². The lowest BCUT2D eigenvalue weighted by Crippen LogP contribution is -2.43. The van der Waals surface area contributed by atoms with E-state index in [9.17, 15) is 15.0 Å². The summed E-state index contributed by atoms with van der Waals surface area (Å²) in [6, 6.07) is 27.1. The molecule has 2 N–H and O–H groups in total. The van der Waals surface area contributed by atoms with E-state index < -0.39 is 18.1 Å². The summed E-state index contributed by atoms with van der Waals surface area (Å²) in [5.74, 6) is -0.646. The van der Waals surface area contributed by atoms with E-state index >= 15 is 0 Å². The summed E-state index contributed by atoms with van der Waals surface area (Å²) in [6.07, 6.45) is 3.63. The molecule has 3 aromatic carbocycles. The summed E-state index contributed by atoms with van der Waals surface area (Å²) >= 11 is 0. The van der Waals surface area contributed by atoms with Crippen LogP contribution in [0.3, 0.4) is 0 Å². The monoisotopic (exact) mass is 527 g/mol. The summed E-state index contributed by atoms with van der Waals surface area (Å²) in [5, 5.41) is 19.9. The van der Waals surface area contributed by atoms with Crippen LogP contribution in [0.1, 0.15) is 32.8 Å². The fraction of sp³-hybridized carbons (Fsp3) is 0.312. The molecule has 7 nitrogen and oxygen atoms in total. The number of hydrogen-bond donors (Lipinski definition) is 2. The summed E-state index contributed by atoms with van der Waals surface area (Å²) in [4.78, 5) is 20.8. The van der Waals surface area contributed by atoms with Crippen LogP contribution in [0, 0.1) is 5.41 Å². The third-order valence-electron chi connectivity index (χ3n) is 6.80. The Balaban J connectivity index is 1.57. The van der Waals surface area contributed by atoms with Crippen LogP contribution in [-0.2, 0) is 16.1 Å². The van der Waals surface area contributed by atoms with E-state index in [2.05, 4.69) is 41.3 Å². The van der Waals surface area contributed by atoms with Crippen molar-refractivity contribution in [1.82, 2.24) is 4.90 Å². The first-order valence-corrected chi connectivity index (χ1v) is 13.2. The number of ether oxygens (including phenoxy) is 1. The van der Waals surface area contributed by atoms with Crippen LogP contribution in [0.5, 0.6) is 0 Å². The SMILES string of the molecule is CC(C)(C)[C@@H](CO)N=C(OCc1ccccc1)[C@H](CC(=O)O)N1C=CN(c2ccc(-c3ccccc3)cc2)C1. The quantitative estimate of drug-likeness (QED) is 0.257. The second kappa shape index (κ2) is 12.6. The molecule has 1 aliphatic rings. The maximum Gasteiger partial charge on any atom is 0.305 e. The molecule has 4 rings (SSSR count). The molecular weight excluding hydrogens is 490 g/mol. The van der Waals surface area contributed by atoms with E-state index in [1.807, 2.05) is 86.6 Å². The molecule has 204 valence electrons. The lowest BCUT2D eigenvalue weighted by atomic mass is 9.87. The Kier molecular flexibility index (Phi) is 9.04. The van der Waals surface area contributed by atoms with Gasteiger partial charge in [0.1, 0.15) is 12.6 Å². The van der Waals surface area contributed by atoms with Crippen LogP contribution in [0.4, 0.5) is 5.69 Å². The molecule has 0 aromatic heterocycles. The molecule has 0 radical (unpaired) electrons. The first-order chi connectivity index (χ1) is 18.7. The summed E-state index contributed by atoms with van der Waals surface area (Å²) in [6.45, 7) is 6.51. The molecule has 0 bridgehead atoms. The zero-order valence-electron chi connectivity index (χ0n) is 22.8. The van der Waals surface area contributed by atoms with Gasteiger partial charge in [0.05, 0.1) is 25.7 Å². The minimum atomic E-state index is -0.952. The molecule has 3 aromatic rings. The first-order valence-electron chi connectivity index (χ1n) is 13.2. The Hall–Kier alpha value is -4.10. The van der Waals surface area contributed by atoms with Crippen molar-refractivity contribution in [2.75, 3.05) is 18.2 Å². The van der Waals surface area contributed by atoms with E-state index in [1.54, 1.807) is 0 Å². The molecule has 2 atom stereocenters. The van der Waals surface area contributed by atoms with E-state index in [4.69, 9.17) is 9.73 Å². The van der Waals surface area contributed by atoms with Crippen LogP contribution in [0.25, 0.3) is 11.1 Å². The van der Waals surface area contributed by atoms with Crippen molar-refractivity contribution in [3.63, 3.8) is 0 Å². The molecule has 0 fully saturated rings. The lowest BCUT2D eigenvalue weighted by molar-refractivity contribution is -0.137. The number of aliphatic carboxylic acids is 1. The number of aliphatic imine (C=N–C) groups is 1. The molecule has 0 spiro atoms. The van der Waals surface area contributed by atoms with Gasteiger partial charge in [0.15, 0.2) is 0 Å². The Morgan fingerprint density at radius 2 is 1.54 bits per heavy atom. The zero-order chi connectivity index (χ0) is 27.8. The lowest BCUT2D eigenvalue weighted by Gasteiger charge is -2.32. The number of aliphatic hydroxyl groups is 1. The molecular formula is C32H37N3O4. The molecule has 1 heterocycles. The number of carboxylic acid groups (broad SMARTS) is 1. The average molecular weight is 528 g/mol. The van der Waals surface area contributed by atoms with Gasteiger partial charge < -0.3 is 24.7 Å². The second-order valence-electron chi connectivity index (χ2n) is 10.8. The summed E-state index contributed by atoms with van der Waals surface area (Å²) in [7, 11) is 0. The molecule has 0 saturated heterocycles.